The summed E-state index contributed by atoms with van der Waals surface area (Å²) in [6, 6.07) is 8.12. The summed E-state index contributed by atoms with van der Waals surface area (Å²) in [5.74, 6) is 0.615. The molecule has 0 saturated heterocycles. The lowest BCUT2D eigenvalue weighted by Gasteiger charge is -2.11. The van der Waals surface area contributed by atoms with Crippen LogP contribution in [0.15, 0.2) is 40.3 Å². The van der Waals surface area contributed by atoms with Crippen LogP contribution < -0.4 is 14.3 Å². The van der Waals surface area contributed by atoms with Gasteiger partial charge in [-0.1, -0.05) is 24.9 Å². The highest BCUT2D eigenvalue weighted by Crippen LogP contribution is 2.28. The van der Waals surface area contributed by atoms with E-state index in [-0.39, 0.29) is 10.6 Å². The zero-order valence-corrected chi connectivity index (χ0v) is 16.5. The summed E-state index contributed by atoms with van der Waals surface area (Å²) in [7, 11) is -1.06. The molecule has 1 aromatic heterocycles. The minimum absolute atomic E-state index is 0.0434. The number of hydrogen-bond acceptors (Lipinski definition) is 6. The van der Waals surface area contributed by atoms with E-state index in [9.17, 15) is 8.42 Å². The van der Waals surface area contributed by atoms with E-state index in [4.69, 9.17) is 21.1 Å². The fourth-order valence-corrected chi connectivity index (χ4v) is 4.18. The Kier molecular flexibility index (Phi) is 6.69. The van der Waals surface area contributed by atoms with Gasteiger partial charge in [0.05, 0.1) is 29.1 Å². The van der Waals surface area contributed by atoms with Crippen LogP contribution in [-0.4, -0.2) is 28.3 Å². The van der Waals surface area contributed by atoms with Crippen LogP contribution >= 0.6 is 22.9 Å². The molecule has 136 valence electrons. The van der Waals surface area contributed by atoms with E-state index in [1.165, 1.54) is 37.7 Å². The van der Waals surface area contributed by atoms with Crippen molar-refractivity contribution in [1.82, 2.24) is 4.83 Å². The average molecular weight is 403 g/mol. The lowest BCUT2D eigenvalue weighted by molar-refractivity contribution is 0.392. The zero-order chi connectivity index (χ0) is 18.4. The van der Waals surface area contributed by atoms with Crippen LogP contribution in [0.3, 0.4) is 0 Å². The van der Waals surface area contributed by atoms with E-state index in [2.05, 4.69) is 9.93 Å². The standard InChI is InChI=1S/C16H19ClN2O4S2/c1-4-5-12(14-8-9-16(17)24-14)18-19-25(20,21)15-10-11(22-2)6-7-13(15)23-3/h6-10,19H,4-5H2,1-3H3/b18-12-. The minimum Gasteiger partial charge on any atom is -0.497 e. The van der Waals surface area contributed by atoms with Gasteiger partial charge in [-0.2, -0.15) is 18.4 Å². The molecular weight excluding hydrogens is 384 g/mol. The highest BCUT2D eigenvalue weighted by molar-refractivity contribution is 7.89. The number of halogens is 1. The Bertz CT molecular complexity index is 863. The molecule has 1 aromatic carbocycles. The molecule has 1 heterocycles. The van der Waals surface area contributed by atoms with E-state index in [1.54, 1.807) is 12.1 Å². The number of sulfonamides is 1. The first-order valence-corrected chi connectivity index (χ1v) is 10.1. The van der Waals surface area contributed by atoms with Gasteiger partial charge in [0, 0.05) is 6.07 Å². The first-order valence-electron chi connectivity index (χ1n) is 7.47. The van der Waals surface area contributed by atoms with Crippen LogP contribution in [0.5, 0.6) is 11.5 Å². The second kappa shape index (κ2) is 8.55. The summed E-state index contributed by atoms with van der Waals surface area (Å²) < 4.78 is 36.1. The molecule has 0 saturated carbocycles. The quantitative estimate of drug-likeness (QED) is 0.536. The molecular formula is C16H19ClN2O4S2. The molecule has 0 radical (unpaired) electrons. The largest absolute Gasteiger partial charge is 0.497 e. The topological polar surface area (TPSA) is 77.0 Å². The average Bonchev–Trinajstić information content (AvgIpc) is 3.04. The molecule has 0 aliphatic carbocycles. The summed E-state index contributed by atoms with van der Waals surface area (Å²) in [6.45, 7) is 1.99. The third-order valence-electron chi connectivity index (χ3n) is 3.31. The number of thiophene rings is 1. The first-order chi connectivity index (χ1) is 11.9. The number of rotatable bonds is 8. The molecule has 0 aliphatic heterocycles. The molecule has 0 fully saturated rings. The summed E-state index contributed by atoms with van der Waals surface area (Å²) >= 11 is 7.31. The lowest BCUT2D eigenvalue weighted by atomic mass is 10.2. The summed E-state index contributed by atoms with van der Waals surface area (Å²) in [5.41, 5.74) is 0.629. The molecule has 0 aliphatic rings. The highest BCUT2D eigenvalue weighted by Gasteiger charge is 2.20. The normalized spacial score (nSPS) is 12.1. The number of hydrazone groups is 1. The fourth-order valence-electron chi connectivity index (χ4n) is 2.10. The van der Waals surface area contributed by atoms with Gasteiger partial charge in [0.25, 0.3) is 10.0 Å². The number of methoxy groups -OCH3 is 2. The van der Waals surface area contributed by atoms with Gasteiger partial charge < -0.3 is 9.47 Å². The third kappa shape index (κ3) is 4.87. The van der Waals surface area contributed by atoms with E-state index in [0.717, 1.165) is 11.3 Å². The van der Waals surface area contributed by atoms with Crippen molar-refractivity contribution in [3.8, 4) is 11.5 Å². The Hall–Kier alpha value is -1.77. The molecule has 6 nitrogen and oxygen atoms in total. The molecule has 25 heavy (non-hydrogen) atoms. The molecule has 2 aromatic rings. The summed E-state index contributed by atoms with van der Waals surface area (Å²) in [5, 5.41) is 4.11. The van der Waals surface area contributed by atoms with Gasteiger partial charge in [0.2, 0.25) is 0 Å². The smallest absolute Gasteiger partial charge is 0.280 e. The maximum Gasteiger partial charge on any atom is 0.280 e. The molecule has 0 unspecified atom stereocenters. The second-order valence-electron chi connectivity index (χ2n) is 5.02. The maximum absolute atomic E-state index is 12.6. The molecule has 0 amide bonds. The Balaban J connectivity index is 2.36. The van der Waals surface area contributed by atoms with Gasteiger partial charge in [-0.25, -0.2) is 0 Å². The van der Waals surface area contributed by atoms with Gasteiger partial charge in [-0.3, -0.25) is 0 Å². The van der Waals surface area contributed by atoms with Gasteiger partial charge in [0.1, 0.15) is 16.4 Å². The van der Waals surface area contributed by atoms with Gasteiger partial charge >= 0.3 is 0 Å². The predicted molar refractivity (Wildman–Crippen MR) is 101 cm³/mol. The number of nitrogens with one attached hydrogen (secondary N) is 1. The van der Waals surface area contributed by atoms with Gasteiger partial charge in [-0.05, 0) is 30.7 Å². The molecule has 0 atom stereocenters. The SMILES string of the molecule is CCC/C(=N/NS(=O)(=O)c1cc(OC)ccc1OC)c1ccc(Cl)s1. The van der Waals surface area contributed by atoms with Crippen molar-refractivity contribution in [3.63, 3.8) is 0 Å². The third-order valence-corrected chi connectivity index (χ3v) is 5.82. The first kappa shape index (κ1) is 19.6. The van der Waals surface area contributed by atoms with Gasteiger partial charge in [-0.15, -0.1) is 11.3 Å². The lowest BCUT2D eigenvalue weighted by Crippen LogP contribution is -2.21. The number of nitrogens with zero attached hydrogens (tertiary/aromatic N) is 1. The Labute approximate surface area is 156 Å². The van der Waals surface area contributed by atoms with Crippen LogP contribution in [0.4, 0.5) is 0 Å². The van der Waals surface area contributed by atoms with E-state index >= 15 is 0 Å². The molecule has 2 rings (SSSR count). The van der Waals surface area contributed by atoms with Crippen molar-refractivity contribution in [2.45, 2.75) is 24.7 Å². The Morgan fingerprint density at radius 3 is 2.56 bits per heavy atom. The van der Waals surface area contributed by atoms with Crippen LogP contribution in [-0.2, 0) is 10.0 Å². The highest BCUT2D eigenvalue weighted by atomic mass is 35.5. The number of benzene rings is 1. The minimum atomic E-state index is -3.92. The number of ether oxygens (including phenoxy) is 2. The molecule has 0 spiro atoms. The van der Waals surface area contributed by atoms with Crippen molar-refractivity contribution >= 4 is 38.7 Å². The monoisotopic (exact) mass is 402 g/mol. The van der Waals surface area contributed by atoms with Crippen molar-refractivity contribution < 1.29 is 17.9 Å². The maximum atomic E-state index is 12.6. The molecule has 0 bridgehead atoms. The second-order valence-corrected chi connectivity index (χ2v) is 8.37. The van der Waals surface area contributed by atoms with Crippen molar-refractivity contribution in [2.75, 3.05) is 14.2 Å². The van der Waals surface area contributed by atoms with E-state index in [0.29, 0.717) is 22.2 Å². The Morgan fingerprint density at radius 1 is 1.24 bits per heavy atom. The van der Waals surface area contributed by atoms with E-state index < -0.39 is 10.0 Å². The van der Waals surface area contributed by atoms with Crippen LogP contribution in [0.2, 0.25) is 4.34 Å². The molecule has 1 N–H and O–H groups in total. The predicted octanol–water partition coefficient (Wildman–Crippen LogP) is 3.90. The van der Waals surface area contributed by atoms with Crippen LogP contribution in [0, 0.1) is 0 Å². The zero-order valence-electron chi connectivity index (χ0n) is 14.1. The van der Waals surface area contributed by atoms with Gasteiger partial charge in [0.15, 0.2) is 0 Å². The van der Waals surface area contributed by atoms with Crippen molar-refractivity contribution in [1.29, 1.82) is 0 Å². The van der Waals surface area contributed by atoms with Crippen molar-refractivity contribution in [3.05, 3.63) is 39.5 Å². The Morgan fingerprint density at radius 2 is 2.00 bits per heavy atom. The number of hydrogen-bond donors (Lipinski definition) is 1. The fraction of sp³-hybridized carbons (Fsp3) is 0.312. The summed E-state index contributed by atoms with van der Waals surface area (Å²) in [6.07, 6.45) is 1.44. The van der Waals surface area contributed by atoms with E-state index in [1.807, 2.05) is 13.0 Å². The van der Waals surface area contributed by atoms with Crippen LogP contribution in [0.25, 0.3) is 0 Å². The summed E-state index contributed by atoms with van der Waals surface area (Å²) in [4.78, 5) is 3.06. The van der Waals surface area contributed by atoms with Crippen molar-refractivity contribution in [2.24, 2.45) is 5.10 Å². The molecule has 9 heteroatoms. The van der Waals surface area contributed by atoms with Crippen LogP contribution in [0.1, 0.15) is 24.6 Å².